The zero-order chi connectivity index (χ0) is 13.5. The fourth-order valence-electron chi connectivity index (χ4n) is 2.76. The zero-order valence-electron chi connectivity index (χ0n) is 11.5. The average Bonchev–Trinajstić information content (AvgIpc) is 2.47. The molecule has 0 aliphatic heterocycles. The number of nitrogens with one attached hydrogen (secondary N) is 1. The summed E-state index contributed by atoms with van der Waals surface area (Å²) in [6.45, 7) is 0.564. The van der Waals surface area contributed by atoms with E-state index >= 15 is 0 Å². The van der Waals surface area contributed by atoms with E-state index in [1.165, 1.54) is 37.7 Å². The van der Waals surface area contributed by atoms with Gasteiger partial charge in [0.25, 0.3) is 0 Å². The number of rotatable bonds is 5. The molecular formula is C16H24N2O. The van der Waals surface area contributed by atoms with Gasteiger partial charge in [0.1, 0.15) is 0 Å². The second kappa shape index (κ2) is 7.29. The highest BCUT2D eigenvalue weighted by Crippen LogP contribution is 2.32. The Balaban J connectivity index is 1.88. The summed E-state index contributed by atoms with van der Waals surface area (Å²) in [6, 6.07) is 8.36. The van der Waals surface area contributed by atoms with Crippen LogP contribution in [-0.2, 0) is 4.79 Å². The van der Waals surface area contributed by atoms with E-state index in [9.17, 15) is 4.79 Å². The summed E-state index contributed by atoms with van der Waals surface area (Å²) < 4.78 is 0. The van der Waals surface area contributed by atoms with Crippen molar-refractivity contribution in [1.29, 1.82) is 0 Å². The third kappa shape index (κ3) is 4.35. The van der Waals surface area contributed by atoms with Crippen molar-refractivity contribution < 1.29 is 4.79 Å². The molecule has 0 atom stereocenters. The molecule has 19 heavy (non-hydrogen) atoms. The quantitative estimate of drug-likeness (QED) is 0.852. The molecule has 0 heterocycles. The van der Waals surface area contributed by atoms with E-state index in [-0.39, 0.29) is 5.91 Å². The van der Waals surface area contributed by atoms with Crippen LogP contribution in [0, 0.1) is 0 Å². The minimum Gasteiger partial charge on any atom is -0.330 e. The van der Waals surface area contributed by atoms with Gasteiger partial charge < -0.3 is 11.1 Å². The van der Waals surface area contributed by atoms with Gasteiger partial charge in [0.05, 0.1) is 0 Å². The van der Waals surface area contributed by atoms with Gasteiger partial charge in [0, 0.05) is 12.1 Å². The topological polar surface area (TPSA) is 55.1 Å². The fourth-order valence-corrected chi connectivity index (χ4v) is 2.76. The van der Waals surface area contributed by atoms with Crippen molar-refractivity contribution >= 4 is 11.6 Å². The van der Waals surface area contributed by atoms with Gasteiger partial charge in [0.15, 0.2) is 0 Å². The summed E-state index contributed by atoms with van der Waals surface area (Å²) in [6.07, 6.45) is 7.94. The molecule has 1 fully saturated rings. The first-order chi connectivity index (χ1) is 9.29. The maximum Gasteiger partial charge on any atom is 0.224 e. The van der Waals surface area contributed by atoms with Gasteiger partial charge >= 0.3 is 0 Å². The molecule has 3 N–H and O–H groups in total. The molecule has 0 spiro atoms. The van der Waals surface area contributed by atoms with E-state index in [2.05, 4.69) is 17.4 Å². The van der Waals surface area contributed by atoms with E-state index in [1.807, 2.05) is 12.1 Å². The molecule has 1 aliphatic rings. The Morgan fingerprint density at radius 3 is 2.47 bits per heavy atom. The fraction of sp³-hybridized carbons (Fsp3) is 0.562. The largest absolute Gasteiger partial charge is 0.330 e. The molecule has 1 amide bonds. The van der Waals surface area contributed by atoms with E-state index in [0.29, 0.717) is 13.0 Å². The number of anilines is 1. The second-order valence-corrected chi connectivity index (χ2v) is 5.40. The predicted octanol–water partition coefficient (Wildman–Crippen LogP) is 3.41. The summed E-state index contributed by atoms with van der Waals surface area (Å²) in [4.78, 5) is 11.6. The SMILES string of the molecule is NCCCC(=O)Nc1ccc(C2CCCCC2)cc1. The average molecular weight is 260 g/mol. The molecule has 104 valence electrons. The van der Waals surface area contributed by atoms with Crippen LogP contribution in [0.25, 0.3) is 0 Å². The zero-order valence-corrected chi connectivity index (χ0v) is 11.5. The van der Waals surface area contributed by atoms with E-state index < -0.39 is 0 Å². The molecule has 0 saturated heterocycles. The second-order valence-electron chi connectivity index (χ2n) is 5.40. The van der Waals surface area contributed by atoms with Crippen LogP contribution in [0.5, 0.6) is 0 Å². The van der Waals surface area contributed by atoms with Crippen molar-refractivity contribution in [1.82, 2.24) is 0 Å². The smallest absolute Gasteiger partial charge is 0.224 e. The highest BCUT2D eigenvalue weighted by molar-refractivity contribution is 5.90. The van der Waals surface area contributed by atoms with Crippen LogP contribution in [0.3, 0.4) is 0 Å². The van der Waals surface area contributed by atoms with Crippen LogP contribution < -0.4 is 11.1 Å². The molecule has 0 bridgehead atoms. The highest BCUT2D eigenvalue weighted by Gasteiger charge is 2.15. The minimum absolute atomic E-state index is 0.0517. The van der Waals surface area contributed by atoms with Crippen LogP contribution >= 0.6 is 0 Å². The normalized spacial score (nSPS) is 16.3. The number of amides is 1. The number of benzene rings is 1. The van der Waals surface area contributed by atoms with Crippen molar-refractivity contribution in [3.8, 4) is 0 Å². The summed E-state index contributed by atoms with van der Waals surface area (Å²) in [7, 11) is 0. The number of nitrogens with two attached hydrogens (primary N) is 1. The Labute approximate surface area is 115 Å². The molecule has 1 saturated carbocycles. The summed E-state index contributed by atoms with van der Waals surface area (Å²) in [5.41, 5.74) is 7.70. The minimum atomic E-state index is 0.0517. The van der Waals surface area contributed by atoms with Crippen molar-refractivity contribution in [2.24, 2.45) is 5.73 Å². The Morgan fingerprint density at radius 1 is 1.16 bits per heavy atom. The van der Waals surface area contributed by atoms with Crippen molar-refractivity contribution in [3.63, 3.8) is 0 Å². The van der Waals surface area contributed by atoms with Crippen LogP contribution in [0.15, 0.2) is 24.3 Å². The molecule has 1 aromatic carbocycles. The molecule has 0 unspecified atom stereocenters. The lowest BCUT2D eigenvalue weighted by Crippen LogP contribution is -2.13. The van der Waals surface area contributed by atoms with Crippen LogP contribution in [0.1, 0.15) is 56.4 Å². The van der Waals surface area contributed by atoms with Crippen LogP contribution in [-0.4, -0.2) is 12.5 Å². The first kappa shape index (κ1) is 14.1. The molecule has 2 rings (SSSR count). The summed E-state index contributed by atoms with van der Waals surface area (Å²) >= 11 is 0. The monoisotopic (exact) mass is 260 g/mol. The standard InChI is InChI=1S/C16H24N2O/c17-12-4-7-16(19)18-15-10-8-14(9-11-15)13-5-2-1-3-6-13/h8-11,13H,1-7,12,17H2,(H,18,19). The van der Waals surface area contributed by atoms with Gasteiger partial charge in [-0.2, -0.15) is 0 Å². The predicted molar refractivity (Wildman–Crippen MR) is 79.2 cm³/mol. The van der Waals surface area contributed by atoms with Gasteiger partial charge in [0.2, 0.25) is 5.91 Å². The molecule has 0 aromatic heterocycles. The lowest BCUT2D eigenvalue weighted by molar-refractivity contribution is -0.116. The molecule has 1 aliphatic carbocycles. The summed E-state index contributed by atoms with van der Waals surface area (Å²) in [5, 5.41) is 2.91. The Hall–Kier alpha value is -1.35. The van der Waals surface area contributed by atoms with Crippen LogP contribution in [0.4, 0.5) is 5.69 Å². The van der Waals surface area contributed by atoms with Gasteiger partial charge in [-0.1, -0.05) is 31.4 Å². The number of hydrogen-bond donors (Lipinski definition) is 2. The Kier molecular flexibility index (Phi) is 5.40. The highest BCUT2D eigenvalue weighted by atomic mass is 16.1. The maximum atomic E-state index is 11.6. The number of carbonyl (C=O) groups is 1. The van der Waals surface area contributed by atoms with E-state index in [4.69, 9.17) is 5.73 Å². The Bertz CT molecular complexity index is 394. The molecule has 1 aromatic rings. The van der Waals surface area contributed by atoms with Crippen LogP contribution in [0.2, 0.25) is 0 Å². The lowest BCUT2D eigenvalue weighted by Gasteiger charge is -2.22. The van der Waals surface area contributed by atoms with Gasteiger partial charge in [-0.05, 0) is 49.4 Å². The molecular weight excluding hydrogens is 236 g/mol. The number of hydrogen-bond acceptors (Lipinski definition) is 2. The molecule has 0 radical (unpaired) electrons. The third-order valence-electron chi connectivity index (χ3n) is 3.88. The summed E-state index contributed by atoms with van der Waals surface area (Å²) in [5.74, 6) is 0.770. The van der Waals surface area contributed by atoms with Crippen molar-refractivity contribution in [3.05, 3.63) is 29.8 Å². The molecule has 3 nitrogen and oxygen atoms in total. The maximum absolute atomic E-state index is 11.6. The van der Waals surface area contributed by atoms with E-state index in [0.717, 1.165) is 18.0 Å². The van der Waals surface area contributed by atoms with Gasteiger partial charge in [-0.3, -0.25) is 4.79 Å². The Morgan fingerprint density at radius 2 is 1.84 bits per heavy atom. The third-order valence-corrected chi connectivity index (χ3v) is 3.88. The lowest BCUT2D eigenvalue weighted by atomic mass is 9.84. The van der Waals surface area contributed by atoms with Gasteiger partial charge in [-0.25, -0.2) is 0 Å². The van der Waals surface area contributed by atoms with E-state index in [1.54, 1.807) is 0 Å². The van der Waals surface area contributed by atoms with Crippen molar-refractivity contribution in [2.45, 2.75) is 50.9 Å². The number of carbonyl (C=O) groups excluding carboxylic acids is 1. The first-order valence-electron chi connectivity index (χ1n) is 7.39. The van der Waals surface area contributed by atoms with Crippen molar-refractivity contribution in [2.75, 3.05) is 11.9 Å². The molecule has 3 heteroatoms. The first-order valence-corrected chi connectivity index (χ1v) is 7.39. The van der Waals surface area contributed by atoms with Gasteiger partial charge in [-0.15, -0.1) is 0 Å².